The van der Waals surface area contributed by atoms with Crippen LogP contribution in [-0.4, -0.2) is 42.7 Å². The molecule has 1 aliphatic heterocycles. The Labute approximate surface area is 132 Å². The van der Waals surface area contributed by atoms with E-state index in [1.165, 1.54) is 0 Å². The Hall–Kier alpha value is -1.81. The van der Waals surface area contributed by atoms with Crippen LogP contribution in [0.1, 0.15) is 33.3 Å². The first-order valence-electron chi connectivity index (χ1n) is 7.59. The van der Waals surface area contributed by atoms with Crippen LogP contribution in [0.15, 0.2) is 30.3 Å². The molecule has 1 atom stereocenters. The molecule has 4 heteroatoms. The van der Waals surface area contributed by atoms with Gasteiger partial charge in [0.25, 0.3) is 0 Å². The second kappa shape index (κ2) is 6.53. The van der Waals surface area contributed by atoms with Gasteiger partial charge in [0.2, 0.25) is 5.91 Å². The number of rotatable bonds is 3. The summed E-state index contributed by atoms with van der Waals surface area (Å²) in [6, 6.07) is 7.73. The normalized spacial score (nSPS) is 21.6. The minimum absolute atomic E-state index is 0.0356. The number of nitrogens with zero attached hydrogens (tertiary/aromatic N) is 1. The largest absolute Gasteiger partial charge is 0.497 e. The molecule has 22 heavy (non-hydrogen) atoms. The lowest BCUT2D eigenvalue weighted by Crippen LogP contribution is -2.57. The standard InChI is InChI=1S/C18H25NO3/c1-13(15-6-8-16(21-5)9-7-15)10-17(20)19-11-14(2)22-12-18(19,3)4/h6-10,14H,11-12H2,1-5H3/b13-10+. The van der Waals surface area contributed by atoms with E-state index in [9.17, 15) is 4.79 Å². The number of carbonyl (C=O) groups excluding carboxylic acids is 1. The molecule has 120 valence electrons. The minimum Gasteiger partial charge on any atom is -0.497 e. The fourth-order valence-corrected chi connectivity index (χ4v) is 2.57. The first-order valence-corrected chi connectivity index (χ1v) is 7.59. The summed E-state index contributed by atoms with van der Waals surface area (Å²) in [4.78, 5) is 14.5. The molecular weight excluding hydrogens is 278 g/mol. The minimum atomic E-state index is -0.277. The summed E-state index contributed by atoms with van der Waals surface area (Å²) in [7, 11) is 1.64. The van der Waals surface area contributed by atoms with Gasteiger partial charge in [0, 0.05) is 12.6 Å². The smallest absolute Gasteiger partial charge is 0.247 e. The van der Waals surface area contributed by atoms with Gasteiger partial charge in [-0.25, -0.2) is 0 Å². The fourth-order valence-electron chi connectivity index (χ4n) is 2.57. The zero-order valence-electron chi connectivity index (χ0n) is 14.1. The summed E-state index contributed by atoms with van der Waals surface area (Å²) in [5.74, 6) is 0.847. The van der Waals surface area contributed by atoms with E-state index in [0.717, 1.165) is 16.9 Å². The zero-order valence-corrected chi connectivity index (χ0v) is 14.1. The van der Waals surface area contributed by atoms with Crippen molar-refractivity contribution >= 4 is 11.5 Å². The van der Waals surface area contributed by atoms with Crippen molar-refractivity contribution in [3.05, 3.63) is 35.9 Å². The number of morpholine rings is 1. The van der Waals surface area contributed by atoms with Crippen LogP contribution in [0.25, 0.3) is 5.57 Å². The third-order valence-electron chi connectivity index (χ3n) is 4.04. The van der Waals surface area contributed by atoms with Crippen LogP contribution in [0.5, 0.6) is 5.75 Å². The summed E-state index contributed by atoms with van der Waals surface area (Å²) < 4.78 is 10.8. The number of allylic oxidation sites excluding steroid dienone is 1. The molecule has 0 saturated carbocycles. The van der Waals surface area contributed by atoms with Gasteiger partial charge in [-0.3, -0.25) is 4.79 Å². The van der Waals surface area contributed by atoms with Crippen molar-refractivity contribution in [1.82, 2.24) is 4.90 Å². The first-order chi connectivity index (χ1) is 10.3. The van der Waals surface area contributed by atoms with E-state index in [1.54, 1.807) is 13.2 Å². The summed E-state index contributed by atoms with van der Waals surface area (Å²) in [5.41, 5.74) is 1.69. The number of ether oxygens (including phenoxy) is 2. The number of amides is 1. The van der Waals surface area contributed by atoms with Crippen molar-refractivity contribution in [2.75, 3.05) is 20.3 Å². The molecule has 0 bridgehead atoms. The molecule has 0 radical (unpaired) electrons. The van der Waals surface area contributed by atoms with Gasteiger partial charge in [-0.1, -0.05) is 12.1 Å². The summed E-state index contributed by atoms with van der Waals surface area (Å²) >= 11 is 0. The van der Waals surface area contributed by atoms with E-state index in [2.05, 4.69) is 0 Å². The highest BCUT2D eigenvalue weighted by atomic mass is 16.5. The summed E-state index contributed by atoms with van der Waals surface area (Å²) in [5, 5.41) is 0. The quantitative estimate of drug-likeness (QED) is 0.805. The lowest BCUT2D eigenvalue weighted by atomic mass is 10.00. The van der Waals surface area contributed by atoms with E-state index in [0.29, 0.717) is 13.2 Å². The van der Waals surface area contributed by atoms with Crippen molar-refractivity contribution in [3.8, 4) is 5.75 Å². The van der Waals surface area contributed by atoms with Crippen LogP contribution >= 0.6 is 0 Å². The maximum Gasteiger partial charge on any atom is 0.247 e. The number of benzene rings is 1. The van der Waals surface area contributed by atoms with E-state index in [4.69, 9.17) is 9.47 Å². The van der Waals surface area contributed by atoms with Crippen LogP contribution in [0.3, 0.4) is 0 Å². The third kappa shape index (κ3) is 3.69. The van der Waals surface area contributed by atoms with Crippen molar-refractivity contribution in [2.24, 2.45) is 0 Å². The fraction of sp³-hybridized carbons (Fsp3) is 0.500. The third-order valence-corrected chi connectivity index (χ3v) is 4.04. The Morgan fingerprint density at radius 3 is 2.59 bits per heavy atom. The number of carbonyl (C=O) groups is 1. The van der Waals surface area contributed by atoms with E-state index in [1.807, 2.05) is 56.9 Å². The second-order valence-electron chi connectivity index (χ2n) is 6.44. The summed E-state index contributed by atoms with van der Waals surface area (Å²) in [6.45, 7) is 9.21. The van der Waals surface area contributed by atoms with Crippen LogP contribution < -0.4 is 4.74 Å². The first kappa shape index (κ1) is 16.6. The highest BCUT2D eigenvalue weighted by Gasteiger charge is 2.35. The van der Waals surface area contributed by atoms with E-state index in [-0.39, 0.29) is 17.6 Å². The van der Waals surface area contributed by atoms with Crippen molar-refractivity contribution in [2.45, 2.75) is 39.3 Å². The molecule has 1 heterocycles. The maximum atomic E-state index is 12.6. The van der Waals surface area contributed by atoms with Crippen molar-refractivity contribution < 1.29 is 14.3 Å². The molecule has 1 fully saturated rings. The van der Waals surface area contributed by atoms with Gasteiger partial charge in [-0.15, -0.1) is 0 Å². The molecule has 1 aromatic carbocycles. The van der Waals surface area contributed by atoms with Gasteiger partial charge in [0.15, 0.2) is 0 Å². The van der Waals surface area contributed by atoms with Gasteiger partial charge in [-0.05, 0) is 51.0 Å². The molecule has 0 N–H and O–H groups in total. The topological polar surface area (TPSA) is 38.8 Å². The average Bonchev–Trinajstić information content (AvgIpc) is 2.49. The summed E-state index contributed by atoms with van der Waals surface area (Å²) in [6.07, 6.45) is 1.79. The van der Waals surface area contributed by atoms with Crippen molar-refractivity contribution in [3.63, 3.8) is 0 Å². The van der Waals surface area contributed by atoms with Gasteiger partial charge in [0.05, 0.1) is 25.4 Å². The number of hydrogen-bond donors (Lipinski definition) is 0. The predicted octanol–water partition coefficient (Wildman–Crippen LogP) is 3.12. The second-order valence-corrected chi connectivity index (χ2v) is 6.44. The molecule has 1 saturated heterocycles. The SMILES string of the molecule is COc1ccc(/C(C)=C/C(=O)N2CC(C)OCC2(C)C)cc1. The lowest BCUT2D eigenvalue weighted by Gasteiger charge is -2.44. The van der Waals surface area contributed by atoms with Crippen LogP contribution in [-0.2, 0) is 9.53 Å². The lowest BCUT2D eigenvalue weighted by molar-refractivity contribution is -0.147. The Morgan fingerprint density at radius 2 is 2.00 bits per heavy atom. The van der Waals surface area contributed by atoms with E-state index >= 15 is 0 Å². The molecule has 1 aromatic rings. The van der Waals surface area contributed by atoms with Gasteiger partial charge in [-0.2, -0.15) is 0 Å². The zero-order chi connectivity index (χ0) is 16.3. The maximum absolute atomic E-state index is 12.6. The average molecular weight is 303 g/mol. The predicted molar refractivity (Wildman–Crippen MR) is 87.9 cm³/mol. The number of hydrogen-bond acceptors (Lipinski definition) is 3. The van der Waals surface area contributed by atoms with Gasteiger partial charge in [0.1, 0.15) is 5.75 Å². The Kier molecular flexibility index (Phi) is 4.91. The number of methoxy groups -OCH3 is 1. The molecule has 4 nitrogen and oxygen atoms in total. The Morgan fingerprint density at radius 1 is 1.36 bits per heavy atom. The van der Waals surface area contributed by atoms with E-state index < -0.39 is 0 Å². The van der Waals surface area contributed by atoms with Crippen LogP contribution in [0, 0.1) is 0 Å². The van der Waals surface area contributed by atoms with Crippen LogP contribution in [0.4, 0.5) is 0 Å². The molecule has 0 aromatic heterocycles. The molecular formula is C18H25NO3. The monoisotopic (exact) mass is 303 g/mol. The molecule has 0 aliphatic carbocycles. The highest BCUT2D eigenvalue weighted by Crippen LogP contribution is 2.24. The molecule has 1 unspecified atom stereocenters. The van der Waals surface area contributed by atoms with Crippen LogP contribution in [0.2, 0.25) is 0 Å². The molecule has 1 amide bonds. The molecule has 0 spiro atoms. The Bertz CT molecular complexity index is 560. The van der Waals surface area contributed by atoms with Gasteiger partial charge < -0.3 is 14.4 Å². The Balaban J connectivity index is 2.17. The molecule has 1 aliphatic rings. The molecule has 2 rings (SSSR count). The highest BCUT2D eigenvalue weighted by molar-refractivity contribution is 5.95. The van der Waals surface area contributed by atoms with Gasteiger partial charge >= 0.3 is 0 Å². The van der Waals surface area contributed by atoms with Crippen molar-refractivity contribution in [1.29, 1.82) is 0 Å².